The van der Waals surface area contributed by atoms with Gasteiger partial charge in [0.05, 0.1) is 36.9 Å². The second-order valence-electron chi connectivity index (χ2n) is 5.16. The molecule has 0 heterocycles. The van der Waals surface area contributed by atoms with E-state index in [0.29, 0.717) is 5.69 Å². The lowest BCUT2D eigenvalue weighted by Gasteiger charge is -2.23. The summed E-state index contributed by atoms with van der Waals surface area (Å²) in [6.45, 7) is 3.53. The van der Waals surface area contributed by atoms with Gasteiger partial charge < -0.3 is 9.47 Å². The van der Waals surface area contributed by atoms with Gasteiger partial charge in [-0.2, -0.15) is 0 Å². The van der Waals surface area contributed by atoms with Crippen molar-refractivity contribution in [1.82, 2.24) is 0 Å². The van der Waals surface area contributed by atoms with Crippen molar-refractivity contribution in [3.8, 4) is 5.75 Å². The highest BCUT2D eigenvalue weighted by atomic mass is 32.2. The number of anilines is 1. The van der Waals surface area contributed by atoms with E-state index < -0.39 is 21.8 Å². The predicted molar refractivity (Wildman–Crippen MR) is 95.5 cm³/mol. The largest absolute Gasteiger partial charge is 0.494 e. The molecule has 0 aliphatic rings. The van der Waals surface area contributed by atoms with E-state index in [0.717, 1.165) is 10.4 Å². The molecule has 0 radical (unpaired) electrons. The number of rotatable bonds is 7. The molecule has 0 N–H and O–H groups in total. The van der Waals surface area contributed by atoms with Crippen molar-refractivity contribution < 1.29 is 27.1 Å². The minimum atomic E-state index is -4.05. The molecule has 0 spiro atoms. The third-order valence-corrected chi connectivity index (χ3v) is 5.37. The first-order valence-electron chi connectivity index (χ1n) is 7.50. The van der Waals surface area contributed by atoms with E-state index in [2.05, 4.69) is 11.3 Å². The first-order chi connectivity index (χ1) is 12.3. The highest BCUT2D eigenvalue weighted by Gasteiger charge is 2.25. The van der Waals surface area contributed by atoms with Gasteiger partial charge in [-0.05, 0) is 42.5 Å². The van der Waals surface area contributed by atoms with Crippen LogP contribution in [0.5, 0.6) is 5.75 Å². The highest BCUT2D eigenvalue weighted by Crippen LogP contribution is 2.27. The van der Waals surface area contributed by atoms with Crippen molar-refractivity contribution in [2.24, 2.45) is 0 Å². The Morgan fingerprint density at radius 2 is 1.85 bits per heavy atom. The van der Waals surface area contributed by atoms with Crippen LogP contribution in [0.25, 0.3) is 0 Å². The third kappa shape index (κ3) is 3.85. The van der Waals surface area contributed by atoms with Crippen molar-refractivity contribution in [3.05, 3.63) is 66.5 Å². The van der Waals surface area contributed by atoms with Gasteiger partial charge >= 0.3 is 5.97 Å². The number of carbonyl (C=O) groups excluding carboxylic acids is 1. The van der Waals surface area contributed by atoms with Crippen LogP contribution < -0.4 is 9.04 Å². The van der Waals surface area contributed by atoms with E-state index in [-0.39, 0.29) is 22.8 Å². The van der Waals surface area contributed by atoms with Crippen molar-refractivity contribution in [1.29, 1.82) is 0 Å². The molecule has 6 nitrogen and oxygen atoms in total. The van der Waals surface area contributed by atoms with Crippen LogP contribution >= 0.6 is 0 Å². The Labute approximate surface area is 151 Å². The summed E-state index contributed by atoms with van der Waals surface area (Å²) in [7, 11) is -1.51. The number of halogens is 1. The lowest BCUT2D eigenvalue weighted by atomic mass is 10.2. The number of carbonyl (C=O) groups is 1. The maximum absolute atomic E-state index is 13.9. The summed E-state index contributed by atoms with van der Waals surface area (Å²) in [5.74, 6) is -1.37. The molecule has 2 rings (SSSR count). The molecule has 2 aromatic carbocycles. The van der Waals surface area contributed by atoms with Gasteiger partial charge in [-0.15, -0.1) is 6.58 Å². The number of esters is 1. The van der Waals surface area contributed by atoms with E-state index in [9.17, 15) is 17.6 Å². The molecule has 138 valence electrons. The van der Waals surface area contributed by atoms with Gasteiger partial charge in [0.15, 0.2) is 11.6 Å². The maximum atomic E-state index is 13.9. The molecule has 26 heavy (non-hydrogen) atoms. The molecule has 8 heteroatoms. The molecule has 2 aromatic rings. The summed E-state index contributed by atoms with van der Waals surface area (Å²) >= 11 is 0. The Kier molecular flexibility index (Phi) is 5.99. The molecular weight excluding hydrogens is 361 g/mol. The number of sulfonamides is 1. The standard InChI is InChI=1S/C18H18FNO5S/c1-4-11-20(14-7-5-13(6-8-14)18(21)25-3)26(22,23)15-9-10-17(24-2)16(19)12-15/h4-10,12H,1,11H2,2-3H3. The van der Waals surface area contributed by atoms with Crippen molar-refractivity contribution in [3.63, 3.8) is 0 Å². The normalized spacial score (nSPS) is 10.9. The summed E-state index contributed by atoms with van der Waals surface area (Å²) in [5, 5.41) is 0. The average molecular weight is 379 g/mol. The molecule has 0 amide bonds. The summed E-state index contributed by atoms with van der Waals surface area (Å²) in [5.41, 5.74) is 0.580. The van der Waals surface area contributed by atoms with Gasteiger partial charge in [0.2, 0.25) is 0 Å². The van der Waals surface area contributed by atoms with E-state index in [4.69, 9.17) is 4.74 Å². The third-order valence-electron chi connectivity index (χ3n) is 3.58. The maximum Gasteiger partial charge on any atom is 0.337 e. The van der Waals surface area contributed by atoms with Crippen LogP contribution in [0.3, 0.4) is 0 Å². The van der Waals surface area contributed by atoms with E-state index in [1.807, 2.05) is 0 Å². The number of benzene rings is 2. The van der Waals surface area contributed by atoms with Gasteiger partial charge in [0.1, 0.15) is 0 Å². The lowest BCUT2D eigenvalue weighted by Crippen LogP contribution is -2.31. The van der Waals surface area contributed by atoms with E-state index in [1.165, 1.54) is 56.7 Å². The van der Waals surface area contributed by atoms with Gasteiger partial charge in [0, 0.05) is 0 Å². The Balaban J connectivity index is 2.46. The molecule has 0 aliphatic heterocycles. The molecular formula is C18H18FNO5S. The fourth-order valence-corrected chi connectivity index (χ4v) is 3.72. The zero-order valence-corrected chi connectivity index (χ0v) is 15.1. The fraction of sp³-hybridized carbons (Fsp3) is 0.167. The number of nitrogens with zero attached hydrogens (tertiary/aromatic N) is 1. The zero-order valence-electron chi connectivity index (χ0n) is 14.3. The topological polar surface area (TPSA) is 72.9 Å². The molecule has 0 atom stereocenters. The molecule has 0 saturated carbocycles. The molecule has 0 unspecified atom stereocenters. The zero-order chi connectivity index (χ0) is 19.3. The summed E-state index contributed by atoms with van der Waals surface area (Å²) in [4.78, 5) is 11.3. The Morgan fingerprint density at radius 3 is 2.35 bits per heavy atom. The second kappa shape index (κ2) is 8.01. The van der Waals surface area contributed by atoms with Crippen LogP contribution in [0.2, 0.25) is 0 Å². The van der Waals surface area contributed by atoms with Crippen LogP contribution in [-0.4, -0.2) is 35.2 Å². The Bertz CT molecular complexity index is 910. The first-order valence-corrected chi connectivity index (χ1v) is 8.94. The Hall–Kier alpha value is -2.87. The minimum absolute atomic E-state index is 0.0342. The van der Waals surface area contributed by atoms with Crippen LogP contribution in [0.4, 0.5) is 10.1 Å². The van der Waals surface area contributed by atoms with Crippen LogP contribution in [-0.2, 0) is 14.8 Å². The number of ether oxygens (including phenoxy) is 2. The van der Waals surface area contributed by atoms with Gasteiger partial charge in [0.25, 0.3) is 10.0 Å². The number of hydrogen-bond donors (Lipinski definition) is 0. The molecule has 0 fully saturated rings. The van der Waals surface area contributed by atoms with E-state index >= 15 is 0 Å². The highest BCUT2D eigenvalue weighted by molar-refractivity contribution is 7.92. The van der Waals surface area contributed by atoms with Crippen molar-refractivity contribution >= 4 is 21.7 Å². The van der Waals surface area contributed by atoms with Crippen molar-refractivity contribution in [2.75, 3.05) is 25.1 Å². The average Bonchev–Trinajstić information content (AvgIpc) is 2.65. The van der Waals surface area contributed by atoms with Crippen LogP contribution in [0.15, 0.2) is 60.0 Å². The van der Waals surface area contributed by atoms with E-state index in [1.54, 1.807) is 0 Å². The van der Waals surface area contributed by atoms with Gasteiger partial charge in [-0.3, -0.25) is 4.31 Å². The smallest absolute Gasteiger partial charge is 0.337 e. The summed E-state index contributed by atoms with van der Waals surface area (Å²) in [6, 6.07) is 9.22. The molecule has 0 aromatic heterocycles. The van der Waals surface area contributed by atoms with Crippen LogP contribution in [0.1, 0.15) is 10.4 Å². The number of hydrogen-bond acceptors (Lipinski definition) is 5. The lowest BCUT2D eigenvalue weighted by molar-refractivity contribution is 0.0600. The quantitative estimate of drug-likeness (QED) is 0.546. The predicted octanol–water partition coefficient (Wildman–Crippen LogP) is 3.00. The SMILES string of the molecule is C=CCN(c1ccc(C(=O)OC)cc1)S(=O)(=O)c1ccc(OC)c(F)c1. The van der Waals surface area contributed by atoms with Crippen molar-refractivity contribution in [2.45, 2.75) is 4.90 Å². The van der Waals surface area contributed by atoms with Gasteiger partial charge in [-0.25, -0.2) is 17.6 Å². The second-order valence-corrected chi connectivity index (χ2v) is 7.02. The summed E-state index contributed by atoms with van der Waals surface area (Å²) < 4.78 is 50.3. The fourth-order valence-electron chi connectivity index (χ4n) is 2.28. The van der Waals surface area contributed by atoms with Gasteiger partial charge in [-0.1, -0.05) is 6.08 Å². The Morgan fingerprint density at radius 1 is 1.19 bits per heavy atom. The minimum Gasteiger partial charge on any atom is -0.494 e. The number of methoxy groups -OCH3 is 2. The molecule has 0 bridgehead atoms. The summed E-state index contributed by atoms with van der Waals surface area (Å²) in [6.07, 6.45) is 1.41. The molecule has 0 saturated heterocycles. The molecule has 0 aliphatic carbocycles. The van der Waals surface area contributed by atoms with Crippen LogP contribution in [0, 0.1) is 5.82 Å². The first kappa shape index (κ1) is 19.5. The monoisotopic (exact) mass is 379 g/mol.